The molecule has 0 bridgehead atoms. The molecule has 0 aliphatic rings. The lowest BCUT2D eigenvalue weighted by Gasteiger charge is -2.03. The highest BCUT2D eigenvalue weighted by molar-refractivity contribution is 7.09. The van der Waals surface area contributed by atoms with Crippen molar-refractivity contribution in [3.05, 3.63) is 81.2 Å². The van der Waals surface area contributed by atoms with Gasteiger partial charge in [0.1, 0.15) is 17.4 Å². The lowest BCUT2D eigenvalue weighted by Crippen LogP contribution is -2.24. The molecule has 0 N–H and O–H groups in total. The number of ether oxygens (including phenoxy) is 1. The molecule has 0 fully saturated rings. The van der Waals surface area contributed by atoms with E-state index in [0.717, 1.165) is 40.5 Å². The molecule has 0 aliphatic heterocycles. The average molecular weight is 379 g/mol. The number of fused-ring (bicyclic) bond motifs is 1. The highest BCUT2D eigenvalue weighted by atomic mass is 32.1. The maximum atomic E-state index is 12.9. The summed E-state index contributed by atoms with van der Waals surface area (Å²) in [7, 11) is 0. The van der Waals surface area contributed by atoms with Crippen LogP contribution >= 0.6 is 11.3 Å². The Morgan fingerprint density at radius 1 is 1.00 bits per heavy atom. The number of thiazole rings is 1. The molecule has 2 aromatic carbocycles. The van der Waals surface area contributed by atoms with Crippen molar-refractivity contribution in [3.63, 3.8) is 0 Å². The number of rotatable bonds is 7. The van der Waals surface area contributed by atoms with Crippen LogP contribution in [-0.4, -0.2) is 14.1 Å². The van der Waals surface area contributed by atoms with Gasteiger partial charge < -0.3 is 4.74 Å². The summed E-state index contributed by atoms with van der Waals surface area (Å²) >= 11 is 1.56. The Morgan fingerprint density at radius 2 is 1.70 bits per heavy atom. The van der Waals surface area contributed by atoms with Gasteiger partial charge in [-0.25, -0.2) is 9.78 Å². The smallest absolute Gasteiger partial charge is 0.329 e. The summed E-state index contributed by atoms with van der Waals surface area (Å²) in [6.07, 6.45) is 0.922. The molecule has 0 amide bonds. The van der Waals surface area contributed by atoms with Gasteiger partial charge in [0.25, 0.3) is 0 Å². The van der Waals surface area contributed by atoms with Crippen LogP contribution < -0.4 is 10.4 Å². The zero-order valence-electron chi connectivity index (χ0n) is 15.2. The highest BCUT2D eigenvalue weighted by Gasteiger charge is 2.14. The number of aryl methyl sites for hydroxylation is 1. The summed E-state index contributed by atoms with van der Waals surface area (Å²) in [6.45, 7) is 3.71. The van der Waals surface area contributed by atoms with Crippen molar-refractivity contribution in [3.8, 4) is 5.75 Å². The van der Waals surface area contributed by atoms with E-state index < -0.39 is 0 Å². The van der Waals surface area contributed by atoms with E-state index in [1.54, 1.807) is 11.3 Å². The zero-order valence-corrected chi connectivity index (χ0v) is 16.0. The standard InChI is InChI=1S/C21H21N3O2S/c1-2-12-23-18-10-6-7-11-19(18)24(21(23)25)13-16-15-27-20(22-16)14-26-17-8-4-3-5-9-17/h3-11,15H,2,12-14H2,1H3. The number of hydrogen-bond donors (Lipinski definition) is 0. The van der Waals surface area contributed by atoms with Gasteiger partial charge in [0.15, 0.2) is 0 Å². The number of para-hydroxylation sites is 3. The van der Waals surface area contributed by atoms with Crippen LogP contribution in [-0.2, 0) is 19.7 Å². The fourth-order valence-electron chi connectivity index (χ4n) is 3.18. The Morgan fingerprint density at radius 3 is 2.44 bits per heavy atom. The van der Waals surface area contributed by atoms with Gasteiger partial charge in [-0.15, -0.1) is 11.3 Å². The van der Waals surface area contributed by atoms with E-state index >= 15 is 0 Å². The van der Waals surface area contributed by atoms with Gasteiger partial charge in [0.05, 0.1) is 23.3 Å². The van der Waals surface area contributed by atoms with E-state index in [9.17, 15) is 4.79 Å². The van der Waals surface area contributed by atoms with Crippen molar-refractivity contribution in [1.29, 1.82) is 0 Å². The van der Waals surface area contributed by atoms with Gasteiger partial charge >= 0.3 is 5.69 Å². The molecule has 0 unspecified atom stereocenters. The van der Waals surface area contributed by atoms with Crippen molar-refractivity contribution < 1.29 is 4.74 Å². The van der Waals surface area contributed by atoms with Crippen LogP contribution in [0.25, 0.3) is 11.0 Å². The van der Waals surface area contributed by atoms with Gasteiger partial charge in [-0.05, 0) is 30.7 Å². The molecule has 0 saturated heterocycles. The molecular weight excluding hydrogens is 358 g/mol. The molecule has 0 atom stereocenters. The molecule has 2 heterocycles. The van der Waals surface area contributed by atoms with Gasteiger partial charge in [-0.2, -0.15) is 0 Å². The molecule has 4 rings (SSSR count). The monoisotopic (exact) mass is 379 g/mol. The Labute approximate surface area is 161 Å². The van der Waals surface area contributed by atoms with Gasteiger partial charge in [0.2, 0.25) is 0 Å². The normalized spacial score (nSPS) is 11.1. The van der Waals surface area contributed by atoms with Crippen LogP contribution in [0.1, 0.15) is 24.0 Å². The third kappa shape index (κ3) is 3.66. The van der Waals surface area contributed by atoms with Crippen LogP contribution in [0.15, 0.2) is 64.8 Å². The number of imidazole rings is 1. The topological polar surface area (TPSA) is 49.0 Å². The van der Waals surface area contributed by atoms with Crippen LogP contribution in [0.3, 0.4) is 0 Å². The minimum Gasteiger partial charge on any atom is -0.486 e. The fraction of sp³-hybridized carbons (Fsp3) is 0.238. The van der Waals surface area contributed by atoms with Crippen LogP contribution in [0, 0.1) is 0 Å². The molecule has 6 heteroatoms. The molecule has 138 valence electrons. The first-order valence-corrected chi connectivity index (χ1v) is 9.93. The van der Waals surface area contributed by atoms with Crippen LogP contribution in [0.2, 0.25) is 0 Å². The molecule has 5 nitrogen and oxygen atoms in total. The zero-order chi connectivity index (χ0) is 18.6. The molecule has 0 saturated carbocycles. The molecule has 0 spiro atoms. The van der Waals surface area contributed by atoms with E-state index in [0.29, 0.717) is 13.2 Å². The molecule has 2 aromatic heterocycles. The van der Waals surface area contributed by atoms with Crippen molar-refractivity contribution in [2.24, 2.45) is 0 Å². The first-order valence-electron chi connectivity index (χ1n) is 9.05. The number of nitrogens with zero attached hydrogens (tertiary/aromatic N) is 3. The maximum absolute atomic E-state index is 12.9. The van der Waals surface area contributed by atoms with E-state index in [-0.39, 0.29) is 5.69 Å². The summed E-state index contributed by atoms with van der Waals surface area (Å²) in [5.74, 6) is 0.827. The Bertz CT molecular complexity index is 1100. The largest absolute Gasteiger partial charge is 0.486 e. The van der Waals surface area contributed by atoms with E-state index in [4.69, 9.17) is 4.74 Å². The maximum Gasteiger partial charge on any atom is 0.329 e. The summed E-state index contributed by atoms with van der Waals surface area (Å²) in [5, 5.41) is 2.90. The van der Waals surface area contributed by atoms with Crippen LogP contribution in [0.4, 0.5) is 0 Å². The van der Waals surface area contributed by atoms with Gasteiger partial charge in [-0.1, -0.05) is 37.3 Å². The third-order valence-electron chi connectivity index (χ3n) is 4.40. The Balaban J connectivity index is 1.56. The third-order valence-corrected chi connectivity index (χ3v) is 5.27. The molecule has 4 aromatic rings. The molecule has 27 heavy (non-hydrogen) atoms. The average Bonchev–Trinajstić information content (AvgIpc) is 3.26. The number of hydrogen-bond acceptors (Lipinski definition) is 4. The van der Waals surface area contributed by atoms with E-state index in [1.807, 2.05) is 69.1 Å². The summed E-state index contributed by atoms with van der Waals surface area (Å²) in [5.41, 5.74) is 2.83. The Hall–Kier alpha value is -2.86. The second-order valence-corrected chi connectivity index (χ2v) is 7.29. The second kappa shape index (κ2) is 7.80. The van der Waals surface area contributed by atoms with E-state index in [1.165, 1.54) is 0 Å². The van der Waals surface area contributed by atoms with Gasteiger partial charge in [-0.3, -0.25) is 9.13 Å². The van der Waals surface area contributed by atoms with Crippen LogP contribution in [0.5, 0.6) is 5.75 Å². The van der Waals surface area contributed by atoms with Gasteiger partial charge in [0, 0.05) is 11.9 Å². The Kier molecular flexibility index (Phi) is 5.07. The quantitative estimate of drug-likeness (QED) is 0.481. The first-order chi connectivity index (χ1) is 13.3. The summed E-state index contributed by atoms with van der Waals surface area (Å²) in [6, 6.07) is 17.6. The van der Waals surface area contributed by atoms with Crippen molar-refractivity contribution in [2.75, 3.05) is 0 Å². The predicted octanol–water partition coefficient (Wildman–Crippen LogP) is 4.30. The van der Waals surface area contributed by atoms with E-state index in [2.05, 4.69) is 11.9 Å². The minimum atomic E-state index is 0.0214. The highest BCUT2D eigenvalue weighted by Crippen LogP contribution is 2.18. The lowest BCUT2D eigenvalue weighted by molar-refractivity contribution is 0.305. The SMILES string of the molecule is CCCn1c(=O)n(Cc2csc(COc3ccccc3)n2)c2ccccc21. The second-order valence-electron chi connectivity index (χ2n) is 6.34. The minimum absolute atomic E-state index is 0.0214. The van der Waals surface area contributed by atoms with Crippen molar-refractivity contribution in [2.45, 2.75) is 33.0 Å². The number of aromatic nitrogens is 3. The predicted molar refractivity (Wildman–Crippen MR) is 108 cm³/mol. The first kappa shape index (κ1) is 17.5. The van der Waals surface area contributed by atoms with Crippen molar-refractivity contribution in [1.82, 2.24) is 14.1 Å². The fourth-order valence-corrected chi connectivity index (χ4v) is 3.87. The summed E-state index contributed by atoms with van der Waals surface area (Å²) < 4.78 is 9.42. The van der Waals surface area contributed by atoms with Crippen molar-refractivity contribution >= 4 is 22.4 Å². The number of benzene rings is 2. The molecule has 0 aliphatic carbocycles. The summed E-state index contributed by atoms with van der Waals surface area (Å²) in [4.78, 5) is 17.5. The molecular formula is C21H21N3O2S. The molecule has 0 radical (unpaired) electrons. The lowest BCUT2D eigenvalue weighted by atomic mass is 10.3.